The lowest BCUT2D eigenvalue weighted by Gasteiger charge is -2.07. The van der Waals surface area contributed by atoms with Crippen molar-refractivity contribution in [2.24, 2.45) is 11.7 Å². The quantitative estimate of drug-likeness (QED) is 0.798. The van der Waals surface area contributed by atoms with Gasteiger partial charge in [-0.25, -0.2) is 4.39 Å². The molecular formula is C12H13FN2OS. The third kappa shape index (κ3) is 3.00. The molecule has 0 spiro atoms. The molecule has 0 bridgehead atoms. The number of benzene rings is 1. The highest BCUT2D eigenvalue weighted by Crippen LogP contribution is 2.28. The van der Waals surface area contributed by atoms with E-state index < -0.39 is 5.82 Å². The summed E-state index contributed by atoms with van der Waals surface area (Å²) in [7, 11) is 0. The highest BCUT2D eigenvalue weighted by molar-refractivity contribution is 7.80. The molecule has 1 aliphatic rings. The molecule has 3 nitrogen and oxygen atoms in total. The molecule has 17 heavy (non-hydrogen) atoms. The van der Waals surface area contributed by atoms with Gasteiger partial charge in [0, 0.05) is 23.6 Å². The molecule has 0 aromatic heterocycles. The fourth-order valence-corrected chi connectivity index (χ4v) is 1.64. The second-order valence-electron chi connectivity index (χ2n) is 4.16. The first kappa shape index (κ1) is 12.0. The largest absolute Gasteiger partial charge is 0.389 e. The van der Waals surface area contributed by atoms with Crippen LogP contribution in [0.15, 0.2) is 18.2 Å². The summed E-state index contributed by atoms with van der Waals surface area (Å²) in [6.45, 7) is 0.207. The van der Waals surface area contributed by atoms with Crippen LogP contribution in [-0.4, -0.2) is 10.9 Å². The summed E-state index contributed by atoms with van der Waals surface area (Å²) in [5, 5.41) is 2.71. The normalized spacial score (nSPS) is 14.4. The minimum absolute atomic E-state index is 0.00261. The van der Waals surface area contributed by atoms with Gasteiger partial charge in [-0.1, -0.05) is 24.4 Å². The summed E-state index contributed by atoms with van der Waals surface area (Å²) in [5.74, 6) is -0.261. The van der Waals surface area contributed by atoms with Gasteiger partial charge < -0.3 is 11.1 Å². The van der Waals surface area contributed by atoms with Crippen LogP contribution in [0.3, 0.4) is 0 Å². The van der Waals surface area contributed by atoms with Crippen molar-refractivity contribution in [1.29, 1.82) is 0 Å². The fourth-order valence-electron chi connectivity index (χ4n) is 1.52. The number of thiocarbonyl (C=S) groups is 1. The van der Waals surface area contributed by atoms with Gasteiger partial charge in [-0.05, 0) is 18.9 Å². The Hall–Kier alpha value is -1.49. The van der Waals surface area contributed by atoms with E-state index in [0.717, 1.165) is 12.8 Å². The van der Waals surface area contributed by atoms with Gasteiger partial charge in [-0.3, -0.25) is 4.79 Å². The Morgan fingerprint density at radius 2 is 2.24 bits per heavy atom. The Morgan fingerprint density at radius 1 is 1.53 bits per heavy atom. The Balaban J connectivity index is 2.00. The molecule has 0 heterocycles. The molecular weight excluding hydrogens is 239 g/mol. The average molecular weight is 252 g/mol. The van der Waals surface area contributed by atoms with Crippen LogP contribution >= 0.6 is 12.2 Å². The highest BCUT2D eigenvalue weighted by Gasteiger charge is 2.29. The van der Waals surface area contributed by atoms with Gasteiger partial charge in [0.25, 0.3) is 0 Å². The molecule has 1 aromatic carbocycles. The average Bonchev–Trinajstić information content (AvgIpc) is 3.10. The van der Waals surface area contributed by atoms with Crippen LogP contribution in [0, 0.1) is 11.7 Å². The first-order valence-electron chi connectivity index (χ1n) is 5.44. The number of hydrogen-bond acceptors (Lipinski definition) is 2. The van der Waals surface area contributed by atoms with E-state index in [2.05, 4.69) is 5.32 Å². The van der Waals surface area contributed by atoms with E-state index in [1.165, 1.54) is 6.07 Å². The van der Waals surface area contributed by atoms with Crippen molar-refractivity contribution in [3.8, 4) is 0 Å². The second kappa shape index (κ2) is 4.79. The van der Waals surface area contributed by atoms with Gasteiger partial charge in [0.2, 0.25) is 5.91 Å². The molecule has 0 radical (unpaired) electrons. The fraction of sp³-hybridized carbons (Fsp3) is 0.333. The van der Waals surface area contributed by atoms with Crippen LogP contribution in [0.5, 0.6) is 0 Å². The van der Waals surface area contributed by atoms with Crippen LogP contribution in [0.1, 0.15) is 24.0 Å². The zero-order valence-corrected chi connectivity index (χ0v) is 10.0. The Labute approximate surface area is 104 Å². The van der Waals surface area contributed by atoms with Gasteiger partial charge in [-0.15, -0.1) is 0 Å². The van der Waals surface area contributed by atoms with E-state index in [1.54, 1.807) is 12.1 Å². The maximum Gasteiger partial charge on any atom is 0.223 e. The lowest BCUT2D eigenvalue weighted by atomic mass is 10.1. The molecule has 90 valence electrons. The third-order valence-electron chi connectivity index (χ3n) is 2.74. The van der Waals surface area contributed by atoms with Crippen LogP contribution < -0.4 is 11.1 Å². The van der Waals surface area contributed by atoms with Crippen molar-refractivity contribution in [3.63, 3.8) is 0 Å². The van der Waals surface area contributed by atoms with Crippen molar-refractivity contribution in [2.75, 3.05) is 0 Å². The van der Waals surface area contributed by atoms with Crippen LogP contribution in [0.4, 0.5) is 4.39 Å². The number of rotatable bonds is 4. The third-order valence-corrected chi connectivity index (χ3v) is 2.97. The number of hydrogen-bond donors (Lipinski definition) is 2. The SMILES string of the molecule is NC(=S)c1ccc(CNC(=O)C2CC2)c(F)c1. The van der Waals surface area contributed by atoms with Crippen molar-refractivity contribution in [2.45, 2.75) is 19.4 Å². The maximum absolute atomic E-state index is 13.6. The van der Waals surface area contributed by atoms with Gasteiger partial charge in [0.05, 0.1) is 0 Å². The predicted octanol–water partition coefficient (Wildman–Crippen LogP) is 1.49. The molecule has 5 heteroatoms. The summed E-state index contributed by atoms with van der Waals surface area (Å²) in [6.07, 6.45) is 1.88. The Bertz CT molecular complexity index is 472. The Morgan fingerprint density at radius 3 is 2.76 bits per heavy atom. The molecule has 1 saturated carbocycles. The predicted molar refractivity (Wildman–Crippen MR) is 66.9 cm³/mol. The molecule has 0 unspecified atom stereocenters. The van der Waals surface area contributed by atoms with Gasteiger partial charge in [0.1, 0.15) is 10.8 Å². The topological polar surface area (TPSA) is 55.1 Å². The van der Waals surface area contributed by atoms with Gasteiger partial charge >= 0.3 is 0 Å². The molecule has 1 aliphatic carbocycles. The molecule has 0 atom stereocenters. The molecule has 1 fully saturated rings. The van der Waals surface area contributed by atoms with E-state index in [-0.39, 0.29) is 23.4 Å². The van der Waals surface area contributed by atoms with E-state index in [0.29, 0.717) is 11.1 Å². The summed E-state index contributed by atoms with van der Waals surface area (Å²) < 4.78 is 13.6. The van der Waals surface area contributed by atoms with Gasteiger partial charge in [0.15, 0.2) is 0 Å². The van der Waals surface area contributed by atoms with Crippen molar-refractivity contribution < 1.29 is 9.18 Å². The van der Waals surface area contributed by atoms with E-state index in [9.17, 15) is 9.18 Å². The monoisotopic (exact) mass is 252 g/mol. The van der Waals surface area contributed by atoms with Crippen LogP contribution in [0.25, 0.3) is 0 Å². The smallest absolute Gasteiger partial charge is 0.223 e. The van der Waals surface area contributed by atoms with E-state index in [1.807, 2.05) is 0 Å². The van der Waals surface area contributed by atoms with Crippen LogP contribution in [0.2, 0.25) is 0 Å². The Kier molecular flexibility index (Phi) is 3.38. The standard InChI is InChI=1S/C12H13FN2OS/c13-10-5-8(11(14)17)3-4-9(10)6-15-12(16)7-1-2-7/h3-5,7H,1-2,6H2,(H2,14,17)(H,15,16). The lowest BCUT2D eigenvalue weighted by molar-refractivity contribution is -0.122. The number of carbonyl (C=O) groups excluding carboxylic acids is 1. The lowest BCUT2D eigenvalue weighted by Crippen LogP contribution is -2.24. The summed E-state index contributed by atoms with van der Waals surface area (Å²) in [6, 6.07) is 4.54. The first-order valence-corrected chi connectivity index (χ1v) is 5.84. The first-order chi connectivity index (χ1) is 8.08. The molecule has 0 saturated heterocycles. The molecule has 1 amide bonds. The minimum Gasteiger partial charge on any atom is -0.389 e. The zero-order valence-electron chi connectivity index (χ0n) is 9.20. The number of amides is 1. The van der Waals surface area contributed by atoms with Gasteiger partial charge in [-0.2, -0.15) is 0 Å². The zero-order chi connectivity index (χ0) is 12.4. The number of halogens is 1. The van der Waals surface area contributed by atoms with Crippen molar-refractivity contribution in [3.05, 3.63) is 35.1 Å². The van der Waals surface area contributed by atoms with Crippen LogP contribution in [-0.2, 0) is 11.3 Å². The summed E-state index contributed by atoms with van der Waals surface area (Å²) in [5.41, 5.74) is 6.34. The maximum atomic E-state index is 13.6. The molecule has 2 rings (SSSR count). The van der Waals surface area contributed by atoms with E-state index in [4.69, 9.17) is 18.0 Å². The van der Waals surface area contributed by atoms with Crippen molar-refractivity contribution >= 4 is 23.1 Å². The minimum atomic E-state index is -0.397. The molecule has 1 aromatic rings. The number of nitrogens with two attached hydrogens (primary N) is 1. The highest BCUT2D eigenvalue weighted by atomic mass is 32.1. The molecule has 0 aliphatic heterocycles. The summed E-state index contributed by atoms with van der Waals surface area (Å²) in [4.78, 5) is 11.6. The second-order valence-corrected chi connectivity index (χ2v) is 4.60. The molecule has 3 N–H and O–H groups in total. The van der Waals surface area contributed by atoms with E-state index >= 15 is 0 Å². The summed E-state index contributed by atoms with van der Waals surface area (Å²) >= 11 is 4.75. The number of nitrogens with one attached hydrogen (secondary N) is 1. The van der Waals surface area contributed by atoms with Crippen molar-refractivity contribution in [1.82, 2.24) is 5.32 Å². The number of carbonyl (C=O) groups is 1.